The molecule has 0 aromatic heterocycles. The maximum Gasteiger partial charge on any atom is 0.261 e. The highest BCUT2D eigenvalue weighted by molar-refractivity contribution is 6.35. The van der Waals surface area contributed by atoms with Gasteiger partial charge in [-0.2, -0.15) is 0 Å². The Kier molecular flexibility index (Phi) is 9.66. The zero-order chi connectivity index (χ0) is 24.7. The van der Waals surface area contributed by atoms with E-state index in [2.05, 4.69) is 19.2 Å². The molecule has 0 bridgehead atoms. The fourth-order valence-electron chi connectivity index (χ4n) is 4.30. The number of carbonyl (C=O) groups excluding carboxylic acids is 2. The van der Waals surface area contributed by atoms with Crippen LogP contribution in [0.1, 0.15) is 69.9 Å². The third-order valence-electron chi connectivity index (χ3n) is 6.35. The van der Waals surface area contributed by atoms with Gasteiger partial charge >= 0.3 is 0 Å². The van der Waals surface area contributed by atoms with Crippen molar-refractivity contribution in [1.82, 2.24) is 10.2 Å². The standard InChI is InChI=1S/C27H34Cl2N2O3/c1-4-25(27(33)30-22-7-5-6-8-22)31(16-20-9-12-21(28)15-24(20)29)26(32)17-34-23-13-10-19(11-14-23)18(2)3/h9-15,18,22,25H,4-8,16-17H2,1-3H3,(H,30,33). The number of rotatable bonds is 10. The van der Waals surface area contributed by atoms with E-state index in [0.717, 1.165) is 31.2 Å². The topological polar surface area (TPSA) is 58.6 Å². The van der Waals surface area contributed by atoms with Gasteiger partial charge in [0.1, 0.15) is 11.8 Å². The molecule has 1 aliphatic carbocycles. The molecule has 0 spiro atoms. The lowest BCUT2D eigenvalue weighted by atomic mass is 10.0. The van der Waals surface area contributed by atoms with Crippen LogP contribution in [0.15, 0.2) is 42.5 Å². The Morgan fingerprint density at radius 3 is 2.35 bits per heavy atom. The SMILES string of the molecule is CCC(C(=O)NC1CCCC1)N(Cc1ccc(Cl)cc1Cl)C(=O)COc1ccc(C(C)C)cc1. The highest BCUT2D eigenvalue weighted by Gasteiger charge is 2.31. The second-order valence-corrected chi connectivity index (χ2v) is 10.0. The van der Waals surface area contributed by atoms with Gasteiger partial charge in [0.05, 0.1) is 0 Å². The van der Waals surface area contributed by atoms with Crippen LogP contribution in [0.4, 0.5) is 0 Å². The summed E-state index contributed by atoms with van der Waals surface area (Å²) < 4.78 is 5.80. The molecular formula is C27H34Cl2N2O3. The van der Waals surface area contributed by atoms with Crippen molar-refractivity contribution in [2.75, 3.05) is 6.61 Å². The second-order valence-electron chi connectivity index (χ2n) is 9.18. The maximum absolute atomic E-state index is 13.4. The predicted molar refractivity (Wildman–Crippen MR) is 138 cm³/mol. The summed E-state index contributed by atoms with van der Waals surface area (Å²) in [5.74, 6) is 0.631. The summed E-state index contributed by atoms with van der Waals surface area (Å²) in [6.07, 6.45) is 4.68. The molecule has 2 aromatic carbocycles. The van der Waals surface area contributed by atoms with Gasteiger partial charge in [-0.15, -0.1) is 0 Å². The molecule has 1 aliphatic rings. The molecule has 3 rings (SSSR count). The van der Waals surface area contributed by atoms with Gasteiger partial charge in [-0.1, -0.05) is 75.0 Å². The molecule has 1 saturated carbocycles. The lowest BCUT2D eigenvalue weighted by molar-refractivity contribution is -0.143. The van der Waals surface area contributed by atoms with Crippen molar-refractivity contribution in [2.45, 2.75) is 77.4 Å². The van der Waals surface area contributed by atoms with E-state index in [1.165, 1.54) is 5.56 Å². The number of carbonyl (C=O) groups is 2. The van der Waals surface area contributed by atoms with Crippen LogP contribution in [-0.2, 0) is 16.1 Å². The average Bonchev–Trinajstić information content (AvgIpc) is 3.32. The Balaban J connectivity index is 1.77. The zero-order valence-corrected chi connectivity index (χ0v) is 21.7. The summed E-state index contributed by atoms with van der Waals surface area (Å²) in [5.41, 5.74) is 1.93. The van der Waals surface area contributed by atoms with Crippen LogP contribution in [0.5, 0.6) is 5.75 Å². The van der Waals surface area contributed by atoms with Crippen molar-refractivity contribution in [3.05, 3.63) is 63.6 Å². The number of ether oxygens (including phenoxy) is 1. The molecular weight excluding hydrogens is 471 g/mol. The van der Waals surface area contributed by atoms with E-state index in [-0.39, 0.29) is 31.0 Å². The molecule has 0 saturated heterocycles. The Hall–Kier alpha value is -2.24. The van der Waals surface area contributed by atoms with Gasteiger partial charge in [-0.3, -0.25) is 9.59 Å². The largest absolute Gasteiger partial charge is 0.484 e. The fraction of sp³-hybridized carbons (Fsp3) is 0.481. The van der Waals surface area contributed by atoms with E-state index in [4.69, 9.17) is 27.9 Å². The third-order valence-corrected chi connectivity index (χ3v) is 6.94. The summed E-state index contributed by atoms with van der Waals surface area (Å²) in [6.45, 7) is 6.19. The fourth-order valence-corrected chi connectivity index (χ4v) is 4.77. The summed E-state index contributed by atoms with van der Waals surface area (Å²) in [7, 11) is 0. The van der Waals surface area contributed by atoms with Crippen molar-refractivity contribution in [1.29, 1.82) is 0 Å². The van der Waals surface area contributed by atoms with Gasteiger partial charge in [-0.25, -0.2) is 0 Å². The van der Waals surface area contributed by atoms with Crippen LogP contribution in [0.2, 0.25) is 10.0 Å². The molecule has 0 radical (unpaired) electrons. The lowest BCUT2D eigenvalue weighted by Gasteiger charge is -2.31. The Labute approximate surface area is 212 Å². The summed E-state index contributed by atoms with van der Waals surface area (Å²) in [5, 5.41) is 4.12. The highest BCUT2D eigenvalue weighted by atomic mass is 35.5. The number of nitrogens with zero attached hydrogens (tertiary/aromatic N) is 1. The number of hydrogen-bond donors (Lipinski definition) is 1. The van der Waals surface area contributed by atoms with Gasteiger partial charge in [0.15, 0.2) is 6.61 Å². The molecule has 1 unspecified atom stereocenters. The zero-order valence-electron chi connectivity index (χ0n) is 20.2. The second kappa shape index (κ2) is 12.5. The minimum absolute atomic E-state index is 0.130. The maximum atomic E-state index is 13.4. The van der Waals surface area contributed by atoms with Crippen LogP contribution >= 0.6 is 23.2 Å². The molecule has 0 aliphatic heterocycles. The van der Waals surface area contributed by atoms with E-state index >= 15 is 0 Å². The van der Waals surface area contributed by atoms with Gasteiger partial charge in [0.25, 0.3) is 5.91 Å². The molecule has 34 heavy (non-hydrogen) atoms. The van der Waals surface area contributed by atoms with Crippen LogP contribution in [0, 0.1) is 0 Å². The minimum Gasteiger partial charge on any atom is -0.484 e. The number of halogens is 2. The van der Waals surface area contributed by atoms with Gasteiger partial charge in [0, 0.05) is 22.6 Å². The predicted octanol–water partition coefficient (Wildman–Crippen LogP) is 6.36. The van der Waals surface area contributed by atoms with E-state index < -0.39 is 6.04 Å². The molecule has 2 aromatic rings. The van der Waals surface area contributed by atoms with E-state index in [0.29, 0.717) is 28.1 Å². The van der Waals surface area contributed by atoms with Crippen molar-refractivity contribution in [3.63, 3.8) is 0 Å². The smallest absolute Gasteiger partial charge is 0.261 e. The molecule has 2 amide bonds. The van der Waals surface area contributed by atoms with Crippen molar-refractivity contribution >= 4 is 35.0 Å². The van der Waals surface area contributed by atoms with E-state index in [1.807, 2.05) is 31.2 Å². The van der Waals surface area contributed by atoms with Crippen molar-refractivity contribution < 1.29 is 14.3 Å². The van der Waals surface area contributed by atoms with Crippen LogP contribution in [0.25, 0.3) is 0 Å². The van der Waals surface area contributed by atoms with Gasteiger partial charge in [0.2, 0.25) is 5.91 Å². The Morgan fingerprint density at radius 1 is 1.09 bits per heavy atom. The first-order valence-corrected chi connectivity index (χ1v) is 12.8. The number of hydrogen-bond acceptors (Lipinski definition) is 3. The van der Waals surface area contributed by atoms with Crippen LogP contribution in [0.3, 0.4) is 0 Å². The first kappa shape index (κ1) is 26.4. The summed E-state index contributed by atoms with van der Waals surface area (Å²) in [4.78, 5) is 28.1. The molecule has 1 atom stereocenters. The molecule has 5 nitrogen and oxygen atoms in total. The quantitative estimate of drug-likeness (QED) is 0.409. The van der Waals surface area contributed by atoms with Crippen molar-refractivity contribution in [3.8, 4) is 5.75 Å². The Morgan fingerprint density at radius 2 is 1.76 bits per heavy atom. The van der Waals surface area contributed by atoms with Gasteiger partial charge < -0.3 is 15.0 Å². The van der Waals surface area contributed by atoms with Crippen molar-refractivity contribution in [2.24, 2.45) is 0 Å². The molecule has 184 valence electrons. The van der Waals surface area contributed by atoms with E-state index in [9.17, 15) is 9.59 Å². The lowest BCUT2D eigenvalue weighted by Crippen LogP contribution is -2.52. The molecule has 1 N–H and O–H groups in total. The molecule has 0 heterocycles. The number of benzene rings is 2. The van der Waals surface area contributed by atoms with Crippen LogP contribution in [-0.4, -0.2) is 35.4 Å². The monoisotopic (exact) mass is 504 g/mol. The number of nitrogens with one attached hydrogen (secondary N) is 1. The highest BCUT2D eigenvalue weighted by Crippen LogP contribution is 2.25. The summed E-state index contributed by atoms with van der Waals surface area (Å²) >= 11 is 12.5. The average molecular weight is 505 g/mol. The van der Waals surface area contributed by atoms with Crippen LogP contribution < -0.4 is 10.1 Å². The number of amides is 2. The van der Waals surface area contributed by atoms with Gasteiger partial charge in [-0.05, 0) is 60.6 Å². The normalized spacial score (nSPS) is 14.8. The molecule has 7 heteroatoms. The third kappa shape index (κ3) is 7.13. The van der Waals surface area contributed by atoms with E-state index in [1.54, 1.807) is 23.1 Å². The summed E-state index contributed by atoms with van der Waals surface area (Å²) in [6, 6.07) is 12.5. The Bertz CT molecular complexity index is 972. The molecule has 1 fully saturated rings. The first-order valence-electron chi connectivity index (χ1n) is 12.0. The minimum atomic E-state index is -0.619. The first-order chi connectivity index (χ1) is 16.3.